The number of rotatable bonds is 5. The summed E-state index contributed by atoms with van der Waals surface area (Å²) in [5.74, 6) is 1.08. The first-order valence-electron chi connectivity index (χ1n) is 6.54. The first-order chi connectivity index (χ1) is 8.59. The summed E-state index contributed by atoms with van der Waals surface area (Å²) >= 11 is 0. The first kappa shape index (κ1) is 13.5. The first-order valence-corrected chi connectivity index (χ1v) is 6.54. The molecule has 2 heterocycles. The predicted octanol–water partition coefficient (Wildman–Crippen LogP) is 0.436. The van der Waals surface area contributed by atoms with Crippen LogP contribution in [0.5, 0.6) is 0 Å². The fourth-order valence-electron chi connectivity index (χ4n) is 2.42. The van der Waals surface area contributed by atoms with Crippen molar-refractivity contribution in [2.75, 3.05) is 33.4 Å². The van der Waals surface area contributed by atoms with Crippen molar-refractivity contribution in [1.82, 2.24) is 14.5 Å². The summed E-state index contributed by atoms with van der Waals surface area (Å²) in [6, 6.07) is 0. The van der Waals surface area contributed by atoms with Gasteiger partial charge in [0.15, 0.2) is 0 Å². The van der Waals surface area contributed by atoms with Crippen LogP contribution in [0.3, 0.4) is 0 Å². The molecule has 1 fully saturated rings. The maximum atomic E-state index is 10.4. The molecular weight excluding hydrogens is 230 g/mol. The summed E-state index contributed by atoms with van der Waals surface area (Å²) in [6.07, 6.45) is 6.16. The van der Waals surface area contributed by atoms with E-state index in [9.17, 15) is 5.11 Å². The van der Waals surface area contributed by atoms with Gasteiger partial charge >= 0.3 is 0 Å². The molecule has 0 atom stereocenters. The zero-order valence-corrected chi connectivity index (χ0v) is 11.3. The normalized spacial score (nSPS) is 19.3. The molecule has 1 N–H and O–H groups in total. The molecule has 1 aromatic rings. The van der Waals surface area contributed by atoms with Gasteiger partial charge in [-0.15, -0.1) is 0 Å². The Balaban J connectivity index is 1.78. The Hall–Kier alpha value is -0.910. The molecule has 0 aromatic carbocycles. The molecule has 18 heavy (non-hydrogen) atoms. The zero-order chi connectivity index (χ0) is 13.0. The monoisotopic (exact) mass is 253 g/mol. The third-order valence-corrected chi connectivity index (χ3v) is 3.63. The van der Waals surface area contributed by atoms with Crippen molar-refractivity contribution in [2.45, 2.75) is 24.9 Å². The molecule has 0 unspecified atom stereocenters. The van der Waals surface area contributed by atoms with Crippen LogP contribution >= 0.6 is 0 Å². The molecule has 1 aromatic heterocycles. The van der Waals surface area contributed by atoms with Crippen LogP contribution in [0.1, 0.15) is 18.7 Å². The lowest BCUT2D eigenvalue weighted by Crippen LogP contribution is -2.46. The van der Waals surface area contributed by atoms with Crippen molar-refractivity contribution < 1.29 is 9.84 Å². The molecule has 1 aliphatic rings. The lowest BCUT2D eigenvalue weighted by atomic mass is 9.94. The number of ether oxygens (including phenoxy) is 1. The average molecular weight is 253 g/mol. The largest absolute Gasteiger partial charge is 0.388 e. The van der Waals surface area contributed by atoms with Crippen LogP contribution < -0.4 is 0 Å². The summed E-state index contributed by atoms with van der Waals surface area (Å²) in [4.78, 5) is 6.49. The highest BCUT2D eigenvalue weighted by Crippen LogP contribution is 2.21. The Bertz CT molecular complexity index is 372. The molecule has 0 spiro atoms. The highest BCUT2D eigenvalue weighted by molar-refractivity contribution is 4.92. The Morgan fingerprint density at radius 2 is 2.22 bits per heavy atom. The van der Waals surface area contributed by atoms with Crippen LogP contribution in [-0.2, 0) is 18.2 Å². The Labute approximate surface area is 108 Å². The van der Waals surface area contributed by atoms with E-state index in [4.69, 9.17) is 4.74 Å². The molecule has 0 amide bonds. The van der Waals surface area contributed by atoms with Gasteiger partial charge in [-0.2, -0.15) is 0 Å². The number of hydrogen-bond donors (Lipinski definition) is 1. The smallest absolute Gasteiger partial charge is 0.109 e. The van der Waals surface area contributed by atoms with Gasteiger partial charge in [-0.1, -0.05) is 0 Å². The van der Waals surface area contributed by atoms with E-state index in [0.717, 1.165) is 31.6 Å². The third kappa shape index (κ3) is 3.54. The molecule has 0 bridgehead atoms. The van der Waals surface area contributed by atoms with E-state index >= 15 is 0 Å². The van der Waals surface area contributed by atoms with Crippen molar-refractivity contribution in [2.24, 2.45) is 7.05 Å². The molecule has 5 nitrogen and oxygen atoms in total. The van der Waals surface area contributed by atoms with Crippen molar-refractivity contribution in [1.29, 1.82) is 0 Å². The van der Waals surface area contributed by atoms with Gasteiger partial charge in [0.2, 0.25) is 0 Å². The van der Waals surface area contributed by atoms with Crippen molar-refractivity contribution in [3.63, 3.8) is 0 Å². The average Bonchev–Trinajstić information content (AvgIpc) is 2.72. The van der Waals surface area contributed by atoms with E-state index in [0.29, 0.717) is 19.8 Å². The molecular formula is C13H23N3O2. The Kier molecular flexibility index (Phi) is 4.37. The number of imidazole rings is 1. The van der Waals surface area contributed by atoms with Gasteiger partial charge in [-0.3, -0.25) is 0 Å². The second-order valence-corrected chi connectivity index (χ2v) is 5.28. The van der Waals surface area contributed by atoms with Gasteiger partial charge in [0, 0.05) is 65.0 Å². The molecule has 102 valence electrons. The van der Waals surface area contributed by atoms with Crippen molar-refractivity contribution >= 4 is 0 Å². The van der Waals surface area contributed by atoms with Gasteiger partial charge < -0.3 is 19.3 Å². The van der Waals surface area contributed by atoms with Gasteiger partial charge in [0.25, 0.3) is 0 Å². The molecule has 1 saturated heterocycles. The minimum atomic E-state index is -0.575. The second-order valence-electron chi connectivity index (χ2n) is 5.28. The number of hydrogen-bond acceptors (Lipinski definition) is 4. The van der Waals surface area contributed by atoms with Gasteiger partial charge in [0.05, 0.1) is 5.60 Å². The highest BCUT2D eigenvalue weighted by Gasteiger charge is 2.30. The third-order valence-electron chi connectivity index (χ3n) is 3.63. The standard InChI is InChI=1S/C13H23N3O2/c1-15(7-3-12-14-6-8-16(12)2)11-13(17)4-9-18-10-5-13/h6,8,17H,3-5,7,9-11H2,1-2H3. The summed E-state index contributed by atoms with van der Waals surface area (Å²) in [5, 5.41) is 10.4. The quantitative estimate of drug-likeness (QED) is 0.827. The van der Waals surface area contributed by atoms with E-state index in [2.05, 4.69) is 16.9 Å². The predicted molar refractivity (Wildman–Crippen MR) is 69.4 cm³/mol. The summed E-state index contributed by atoms with van der Waals surface area (Å²) < 4.78 is 7.33. The van der Waals surface area contributed by atoms with Crippen LogP contribution in [-0.4, -0.2) is 58.5 Å². The van der Waals surface area contributed by atoms with Crippen LogP contribution in [0.15, 0.2) is 12.4 Å². The number of aryl methyl sites for hydroxylation is 1. The number of likely N-dealkylation sites (N-methyl/N-ethyl adjacent to an activating group) is 1. The van der Waals surface area contributed by atoms with Gasteiger partial charge in [-0.05, 0) is 7.05 Å². The molecule has 1 aliphatic heterocycles. The summed E-state index contributed by atoms with van der Waals surface area (Å²) in [7, 11) is 4.06. The van der Waals surface area contributed by atoms with Gasteiger partial charge in [0.1, 0.15) is 5.82 Å². The molecule has 5 heteroatoms. The van der Waals surface area contributed by atoms with Crippen molar-refractivity contribution in [3.05, 3.63) is 18.2 Å². The lowest BCUT2D eigenvalue weighted by molar-refractivity contribution is -0.0767. The minimum Gasteiger partial charge on any atom is -0.388 e. The van der Waals surface area contributed by atoms with E-state index in [1.165, 1.54) is 0 Å². The minimum absolute atomic E-state index is 0.575. The molecule has 2 rings (SSSR count). The highest BCUT2D eigenvalue weighted by atomic mass is 16.5. The molecule has 0 radical (unpaired) electrons. The summed E-state index contributed by atoms with van der Waals surface area (Å²) in [5.41, 5.74) is -0.575. The van der Waals surface area contributed by atoms with Crippen LogP contribution in [0, 0.1) is 0 Å². The van der Waals surface area contributed by atoms with Crippen LogP contribution in [0.2, 0.25) is 0 Å². The number of aromatic nitrogens is 2. The number of aliphatic hydroxyl groups is 1. The number of nitrogens with zero attached hydrogens (tertiary/aromatic N) is 3. The Morgan fingerprint density at radius 3 is 2.83 bits per heavy atom. The summed E-state index contributed by atoms with van der Waals surface area (Å²) in [6.45, 7) is 2.96. The topological polar surface area (TPSA) is 50.5 Å². The van der Waals surface area contributed by atoms with E-state index in [1.807, 2.05) is 24.0 Å². The SMILES string of the molecule is CN(CCc1nccn1C)CC1(O)CCOCC1. The zero-order valence-electron chi connectivity index (χ0n) is 11.3. The van der Waals surface area contributed by atoms with Gasteiger partial charge in [-0.25, -0.2) is 4.98 Å². The maximum absolute atomic E-state index is 10.4. The molecule has 0 saturated carbocycles. The van der Waals surface area contributed by atoms with Crippen LogP contribution in [0.4, 0.5) is 0 Å². The second kappa shape index (κ2) is 5.82. The lowest BCUT2D eigenvalue weighted by Gasteiger charge is -2.35. The maximum Gasteiger partial charge on any atom is 0.109 e. The van der Waals surface area contributed by atoms with E-state index in [-0.39, 0.29) is 0 Å². The van der Waals surface area contributed by atoms with Crippen LogP contribution in [0.25, 0.3) is 0 Å². The fourth-order valence-corrected chi connectivity index (χ4v) is 2.42. The van der Waals surface area contributed by atoms with Crippen molar-refractivity contribution in [3.8, 4) is 0 Å². The van der Waals surface area contributed by atoms with E-state index in [1.54, 1.807) is 0 Å². The van der Waals surface area contributed by atoms with E-state index < -0.39 is 5.60 Å². The molecule has 0 aliphatic carbocycles. The fraction of sp³-hybridized carbons (Fsp3) is 0.769. The Morgan fingerprint density at radius 1 is 1.50 bits per heavy atom.